The lowest BCUT2D eigenvalue weighted by Crippen LogP contribution is -2.34. The second kappa shape index (κ2) is 5.71. The number of benzene rings is 1. The zero-order chi connectivity index (χ0) is 12.8. The van der Waals surface area contributed by atoms with Crippen LogP contribution in [0.15, 0.2) is 24.3 Å². The van der Waals surface area contributed by atoms with Crippen LogP contribution in [-0.4, -0.2) is 23.0 Å². The average molecular weight is 231 g/mol. The van der Waals surface area contributed by atoms with E-state index in [1.54, 1.807) is 12.1 Å². The number of hydrogen-bond donors (Lipinski definition) is 2. The van der Waals surface area contributed by atoms with E-state index < -0.39 is 11.9 Å². The van der Waals surface area contributed by atoms with Crippen LogP contribution in [0.4, 0.5) is 0 Å². The fourth-order valence-corrected chi connectivity index (χ4v) is 1.37. The summed E-state index contributed by atoms with van der Waals surface area (Å²) in [6.45, 7) is 1.84. The van der Waals surface area contributed by atoms with Gasteiger partial charge in [-0.1, -0.05) is 25.0 Å². The van der Waals surface area contributed by atoms with Crippen molar-refractivity contribution in [3.05, 3.63) is 35.4 Å². The summed E-state index contributed by atoms with van der Waals surface area (Å²) in [6.07, 6.45) is 5.82. The van der Waals surface area contributed by atoms with E-state index in [2.05, 4.69) is 11.2 Å². The van der Waals surface area contributed by atoms with Crippen molar-refractivity contribution in [2.24, 2.45) is 0 Å². The van der Waals surface area contributed by atoms with Gasteiger partial charge < -0.3 is 10.4 Å². The molecule has 88 valence electrons. The van der Waals surface area contributed by atoms with Crippen molar-refractivity contribution in [2.45, 2.75) is 19.4 Å². The highest BCUT2D eigenvalue weighted by molar-refractivity contribution is 6.04. The number of carboxylic acids is 1. The fraction of sp³-hybridized carbons (Fsp3) is 0.231. The number of hydrogen-bond acceptors (Lipinski definition) is 2. The lowest BCUT2D eigenvalue weighted by atomic mass is 10.1. The van der Waals surface area contributed by atoms with Crippen molar-refractivity contribution in [2.75, 3.05) is 0 Å². The molecule has 0 spiro atoms. The number of amides is 1. The van der Waals surface area contributed by atoms with Gasteiger partial charge in [0, 0.05) is 0 Å². The van der Waals surface area contributed by atoms with Crippen LogP contribution in [0.3, 0.4) is 0 Å². The summed E-state index contributed by atoms with van der Waals surface area (Å²) < 4.78 is 0. The maximum Gasteiger partial charge on any atom is 0.336 e. The van der Waals surface area contributed by atoms with Crippen molar-refractivity contribution in [3.8, 4) is 12.3 Å². The van der Waals surface area contributed by atoms with Crippen molar-refractivity contribution < 1.29 is 14.7 Å². The molecular formula is C13H13NO3. The first-order valence-electron chi connectivity index (χ1n) is 5.19. The molecule has 4 nitrogen and oxygen atoms in total. The smallest absolute Gasteiger partial charge is 0.336 e. The molecular weight excluding hydrogens is 218 g/mol. The third-order valence-corrected chi connectivity index (χ3v) is 2.32. The van der Waals surface area contributed by atoms with Crippen LogP contribution in [0.5, 0.6) is 0 Å². The molecule has 0 heterocycles. The minimum Gasteiger partial charge on any atom is -0.478 e. The van der Waals surface area contributed by atoms with Crippen LogP contribution in [0.1, 0.15) is 34.1 Å². The molecule has 0 saturated carbocycles. The molecule has 0 aliphatic heterocycles. The molecule has 0 radical (unpaired) electrons. The Labute approximate surface area is 99.7 Å². The zero-order valence-electron chi connectivity index (χ0n) is 9.43. The lowest BCUT2D eigenvalue weighted by Gasteiger charge is -2.11. The second-order valence-corrected chi connectivity index (χ2v) is 3.45. The molecule has 0 saturated heterocycles. The molecule has 1 amide bonds. The van der Waals surface area contributed by atoms with Gasteiger partial charge in [0.2, 0.25) is 0 Å². The van der Waals surface area contributed by atoms with Crippen LogP contribution in [0, 0.1) is 12.3 Å². The van der Waals surface area contributed by atoms with E-state index >= 15 is 0 Å². The summed E-state index contributed by atoms with van der Waals surface area (Å²) in [5.41, 5.74) is 0.0885. The maximum atomic E-state index is 11.8. The summed E-state index contributed by atoms with van der Waals surface area (Å²) >= 11 is 0. The molecule has 0 bridgehead atoms. The fourth-order valence-electron chi connectivity index (χ4n) is 1.37. The molecule has 0 aliphatic carbocycles. The second-order valence-electron chi connectivity index (χ2n) is 3.45. The predicted octanol–water partition coefficient (Wildman–Crippen LogP) is 1.53. The van der Waals surface area contributed by atoms with Crippen molar-refractivity contribution >= 4 is 11.9 Å². The van der Waals surface area contributed by atoms with E-state index in [1.807, 2.05) is 6.92 Å². The Morgan fingerprint density at radius 1 is 1.41 bits per heavy atom. The first-order valence-corrected chi connectivity index (χ1v) is 5.19. The number of carbonyl (C=O) groups excluding carboxylic acids is 1. The van der Waals surface area contributed by atoms with Gasteiger partial charge in [-0.25, -0.2) is 4.79 Å². The third kappa shape index (κ3) is 3.08. The summed E-state index contributed by atoms with van der Waals surface area (Å²) in [5, 5.41) is 11.5. The number of terminal acetylenes is 1. The Kier molecular flexibility index (Phi) is 4.29. The number of carbonyl (C=O) groups is 2. The number of carboxylic acid groups (broad SMARTS) is 1. The monoisotopic (exact) mass is 231 g/mol. The summed E-state index contributed by atoms with van der Waals surface area (Å²) in [7, 11) is 0. The van der Waals surface area contributed by atoms with Gasteiger partial charge in [0.15, 0.2) is 0 Å². The number of aromatic carboxylic acids is 1. The largest absolute Gasteiger partial charge is 0.478 e. The topological polar surface area (TPSA) is 66.4 Å². The molecule has 1 aromatic carbocycles. The van der Waals surface area contributed by atoms with Crippen LogP contribution >= 0.6 is 0 Å². The molecule has 1 rings (SSSR count). The first kappa shape index (κ1) is 12.8. The van der Waals surface area contributed by atoms with Gasteiger partial charge in [-0.05, 0) is 18.6 Å². The van der Waals surface area contributed by atoms with Crippen LogP contribution < -0.4 is 5.32 Å². The molecule has 1 unspecified atom stereocenters. The Bertz CT molecular complexity index is 474. The highest BCUT2D eigenvalue weighted by Gasteiger charge is 2.17. The Balaban J connectivity index is 2.97. The van der Waals surface area contributed by atoms with Crippen LogP contribution in [0.2, 0.25) is 0 Å². The van der Waals surface area contributed by atoms with Crippen LogP contribution in [0.25, 0.3) is 0 Å². The van der Waals surface area contributed by atoms with Crippen molar-refractivity contribution in [3.63, 3.8) is 0 Å². The molecule has 0 aromatic heterocycles. The molecule has 4 heteroatoms. The van der Waals surface area contributed by atoms with Gasteiger partial charge >= 0.3 is 5.97 Å². The van der Waals surface area contributed by atoms with Gasteiger partial charge in [-0.3, -0.25) is 4.79 Å². The molecule has 2 N–H and O–H groups in total. The minimum atomic E-state index is -1.13. The van der Waals surface area contributed by atoms with Gasteiger partial charge in [0.25, 0.3) is 5.91 Å². The van der Waals surface area contributed by atoms with E-state index in [0.29, 0.717) is 6.42 Å². The molecule has 1 atom stereocenters. The molecule has 0 fully saturated rings. The van der Waals surface area contributed by atoms with Gasteiger partial charge in [-0.15, -0.1) is 6.42 Å². The Hall–Kier alpha value is -2.28. The van der Waals surface area contributed by atoms with Crippen molar-refractivity contribution in [1.82, 2.24) is 5.32 Å². The van der Waals surface area contributed by atoms with Crippen LogP contribution in [-0.2, 0) is 0 Å². The standard InChI is InChI=1S/C13H13NO3/c1-3-9(4-2)14-12(15)10-7-5-6-8-11(10)13(16)17/h1,5-9H,4H2,2H3,(H,14,15)(H,16,17). The zero-order valence-corrected chi connectivity index (χ0v) is 9.43. The molecule has 17 heavy (non-hydrogen) atoms. The first-order chi connectivity index (χ1) is 8.10. The highest BCUT2D eigenvalue weighted by atomic mass is 16.4. The Morgan fingerprint density at radius 3 is 2.47 bits per heavy atom. The summed E-state index contributed by atoms with van der Waals surface area (Å²) in [5.74, 6) is 0.822. The van der Waals surface area contributed by atoms with Gasteiger partial charge in [-0.2, -0.15) is 0 Å². The van der Waals surface area contributed by atoms with Crippen molar-refractivity contribution in [1.29, 1.82) is 0 Å². The Morgan fingerprint density at radius 2 is 2.00 bits per heavy atom. The van der Waals surface area contributed by atoms with E-state index in [-0.39, 0.29) is 17.2 Å². The van der Waals surface area contributed by atoms with E-state index in [9.17, 15) is 9.59 Å². The number of nitrogens with one attached hydrogen (secondary N) is 1. The number of rotatable bonds is 4. The predicted molar refractivity (Wildman–Crippen MR) is 63.8 cm³/mol. The van der Waals surface area contributed by atoms with E-state index in [0.717, 1.165) is 0 Å². The summed E-state index contributed by atoms with van der Waals surface area (Å²) in [6, 6.07) is 5.64. The SMILES string of the molecule is C#CC(CC)NC(=O)c1ccccc1C(=O)O. The van der Waals surface area contributed by atoms with E-state index in [4.69, 9.17) is 11.5 Å². The minimum absolute atomic E-state index is 0.0307. The lowest BCUT2D eigenvalue weighted by molar-refractivity contribution is 0.0690. The molecule has 1 aromatic rings. The van der Waals surface area contributed by atoms with Gasteiger partial charge in [0.05, 0.1) is 17.2 Å². The highest BCUT2D eigenvalue weighted by Crippen LogP contribution is 2.09. The molecule has 0 aliphatic rings. The van der Waals surface area contributed by atoms with E-state index in [1.165, 1.54) is 12.1 Å². The van der Waals surface area contributed by atoms with Gasteiger partial charge in [0.1, 0.15) is 0 Å². The normalized spacial score (nSPS) is 11.3. The quantitative estimate of drug-likeness (QED) is 0.772. The summed E-state index contributed by atoms with van der Waals surface area (Å²) in [4.78, 5) is 22.8. The third-order valence-electron chi connectivity index (χ3n) is 2.32. The maximum absolute atomic E-state index is 11.8. The average Bonchev–Trinajstić information content (AvgIpc) is 2.35.